The Bertz CT molecular complexity index is 433. The zero-order chi connectivity index (χ0) is 13.1. The molecule has 0 aliphatic carbocycles. The summed E-state index contributed by atoms with van der Waals surface area (Å²) in [5.41, 5.74) is 7.35. The third-order valence-electron chi connectivity index (χ3n) is 3.54. The average molecular weight is 264 g/mol. The number of hydrogen-bond acceptors (Lipinski definition) is 5. The lowest BCUT2D eigenvalue weighted by Crippen LogP contribution is -2.47. The lowest BCUT2D eigenvalue weighted by atomic mass is 9.99. The molecule has 2 atom stereocenters. The van der Waals surface area contributed by atoms with Crippen LogP contribution in [0.5, 0.6) is 11.5 Å². The van der Waals surface area contributed by atoms with Crippen LogP contribution in [0.1, 0.15) is 18.0 Å². The Kier molecular flexibility index (Phi) is 3.87. The SMILES string of the molecule is NC(c1ccc2c(c1)OCCCO2)C1COCCN1. The van der Waals surface area contributed by atoms with Gasteiger partial charge < -0.3 is 25.3 Å². The number of benzene rings is 1. The summed E-state index contributed by atoms with van der Waals surface area (Å²) in [5.74, 6) is 1.60. The van der Waals surface area contributed by atoms with Crippen LogP contribution in [0.2, 0.25) is 0 Å². The first-order chi connectivity index (χ1) is 9.34. The van der Waals surface area contributed by atoms with Gasteiger partial charge in [-0.25, -0.2) is 0 Å². The highest BCUT2D eigenvalue weighted by molar-refractivity contribution is 5.44. The molecule has 2 aliphatic heterocycles. The van der Waals surface area contributed by atoms with Gasteiger partial charge in [0.15, 0.2) is 11.5 Å². The van der Waals surface area contributed by atoms with E-state index >= 15 is 0 Å². The predicted octanol–water partition coefficient (Wildman–Crippen LogP) is 0.836. The van der Waals surface area contributed by atoms with Gasteiger partial charge in [-0.3, -0.25) is 0 Å². The molecule has 0 aromatic heterocycles. The van der Waals surface area contributed by atoms with E-state index in [4.69, 9.17) is 19.9 Å². The maximum atomic E-state index is 6.30. The van der Waals surface area contributed by atoms with Gasteiger partial charge in [0.05, 0.1) is 26.4 Å². The van der Waals surface area contributed by atoms with Crippen LogP contribution in [-0.4, -0.2) is 39.0 Å². The number of nitrogens with one attached hydrogen (secondary N) is 1. The van der Waals surface area contributed by atoms with Crippen molar-refractivity contribution >= 4 is 0 Å². The number of fused-ring (bicyclic) bond motifs is 1. The molecule has 0 spiro atoms. The van der Waals surface area contributed by atoms with Gasteiger partial charge in [0.2, 0.25) is 0 Å². The maximum Gasteiger partial charge on any atom is 0.161 e. The molecule has 3 rings (SSSR count). The lowest BCUT2D eigenvalue weighted by Gasteiger charge is -2.29. The van der Waals surface area contributed by atoms with Crippen molar-refractivity contribution in [3.8, 4) is 11.5 Å². The number of hydrogen-bond donors (Lipinski definition) is 2. The fourth-order valence-electron chi connectivity index (χ4n) is 2.44. The Morgan fingerprint density at radius 1 is 1.16 bits per heavy atom. The van der Waals surface area contributed by atoms with Gasteiger partial charge in [0, 0.05) is 25.0 Å². The second kappa shape index (κ2) is 5.77. The second-order valence-electron chi connectivity index (χ2n) is 4.92. The van der Waals surface area contributed by atoms with Gasteiger partial charge >= 0.3 is 0 Å². The van der Waals surface area contributed by atoms with Crippen molar-refractivity contribution in [3.63, 3.8) is 0 Å². The quantitative estimate of drug-likeness (QED) is 0.828. The van der Waals surface area contributed by atoms with Crippen molar-refractivity contribution in [1.29, 1.82) is 0 Å². The smallest absolute Gasteiger partial charge is 0.161 e. The van der Waals surface area contributed by atoms with Crippen LogP contribution >= 0.6 is 0 Å². The van der Waals surface area contributed by atoms with Crippen molar-refractivity contribution in [2.75, 3.05) is 33.0 Å². The van der Waals surface area contributed by atoms with E-state index in [0.717, 1.165) is 36.6 Å². The minimum Gasteiger partial charge on any atom is -0.490 e. The first kappa shape index (κ1) is 12.7. The van der Waals surface area contributed by atoms with Crippen LogP contribution < -0.4 is 20.5 Å². The summed E-state index contributed by atoms with van der Waals surface area (Å²) in [7, 11) is 0. The Balaban J connectivity index is 1.78. The molecule has 2 heterocycles. The highest BCUT2D eigenvalue weighted by Crippen LogP contribution is 2.32. The summed E-state index contributed by atoms with van der Waals surface area (Å²) < 4.78 is 16.8. The molecular formula is C14H20N2O3. The summed E-state index contributed by atoms with van der Waals surface area (Å²) in [6.45, 7) is 3.65. The molecule has 0 saturated carbocycles. The molecule has 3 N–H and O–H groups in total. The van der Waals surface area contributed by atoms with Crippen LogP contribution in [0, 0.1) is 0 Å². The van der Waals surface area contributed by atoms with Crippen LogP contribution in [0.25, 0.3) is 0 Å². The summed E-state index contributed by atoms with van der Waals surface area (Å²) in [5, 5.41) is 3.39. The van der Waals surface area contributed by atoms with Gasteiger partial charge in [0.25, 0.3) is 0 Å². The number of rotatable bonds is 2. The third-order valence-corrected chi connectivity index (χ3v) is 3.54. The average Bonchev–Trinajstić information content (AvgIpc) is 2.72. The van der Waals surface area contributed by atoms with E-state index in [9.17, 15) is 0 Å². The topological polar surface area (TPSA) is 65.7 Å². The molecular weight excluding hydrogens is 244 g/mol. The van der Waals surface area contributed by atoms with Crippen LogP contribution in [0.4, 0.5) is 0 Å². The van der Waals surface area contributed by atoms with Gasteiger partial charge in [-0.1, -0.05) is 6.07 Å². The highest BCUT2D eigenvalue weighted by atomic mass is 16.5. The van der Waals surface area contributed by atoms with E-state index in [-0.39, 0.29) is 12.1 Å². The first-order valence-corrected chi connectivity index (χ1v) is 6.81. The van der Waals surface area contributed by atoms with Crippen molar-refractivity contribution in [2.45, 2.75) is 18.5 Å². The molecule has 0 radical (unpaired) electrons. The predicted molar refractivity (Wildman–Crippen MR) is 71.6 cm³/mol. The number of ether oxygens (including phenoxy) is 3. The van der Waals surface area contributed by atoms with E-state index in [1.54, 1.807) is 0 Å². The molecule has 1 saturated heterocycles. The van der Waals surface area contributed by atoms with Gasteiger partial charge in [0.1, 0.15) is 0 Å². The second-order valence-corrected chi connectivity index (χ2v) is 4.92. The van der Waals surface area contributed by atoms with Crippen molar-refractivity contribution in [1.82, 2.24) is 5.32 Å². The molecule has 5 nitrogen and oxygen atoms in total. The standard InChI is InChI=1S/C14H20N2O3/c15-14(11-9-17-7-4-16-11)10-2-3-12-13(8-10)19-6-1-5-18-12/h2-3,8,11,14,16H,1,4-7,9,15H2. The van der Waals surface area contributed by atoms with Crippen LogP contribution in [0.3, 0.4) is 0 Å². The van der Waals surface area contributed by atoms with E-state index in [1.807, 2.05) is 18.2 Å². The lowest BCUT2D eigenvalue weighted by molar-refractivity contribution is 0.0684. The minimum atomic E-state index is -0.0996. The Morgan fingerprint density at radius 3 is 2.79 bits per heavy atom. The van der Waals surface area contributed by atoms with Gasteiger partial charge in [-0.2, -0.15) is 0 Å². The van der Waals surface area contributed by atoms with E-state index in [2.05, 4.69) is 5.32 Å². The summed E-state index contributed by atoms with van der Waals surface area (Å²) in [6, 6.07) is 5.99. The molecule has 5 heteroatoms. The fraction of sp³-hybridized carbons (Fsp3) is 0.571. The Hall–Kier alpha value is -1.30. The Labute approximate surface area is 113 Å². The first-order valence-electron chi connectivity index (χ1n) is 6.81. The van der Waals surface area contributed by atoms with Crippen molar-refractivity contribution in [3.05, 3.63) is 23.8 Å². The summed E-state index contributed by atoms with van der Waals surface area (Å²) in [4.78, 5) is 0. The zero-order valence-corrected chi connectivity index (χ0v) is 10.9. The fourth-order valence-corrected chi connectivity index (χ4v) is 2.44. The molecule has 0 bridgehead atoms. The maximum absolute atomic E-state index is 6.30. The highest BCUT2D eigenvalue weighted by Gasteiger charge is 2.23. The van der Waals surface area contributed by atoms with E-state index in [1.165, 1.54) is 0 Å². The number of nitrogens with two attached hydrogens (primary N) is 1. The van der Waals surface area contributed by atoms with Gasteiger partial charge in [-0.15, -0.1) is 0 Å². The minimum absolute atomic E-state index is 0.0996. The van der Waals surface area contributed by atoms with E-state index < -0.39 is 0 Å². The molecule has 0 amide bonds. The van der Waals surface area contributed by atoms with Gasteiger partial charge in [-0.05, 0) is 17.7 Å². The Morgan fingerprint density at radius 2 is 2.00 bits per heavy atom. The third kappa shape index (κ3) is 2.83. The largest absolute Gasteiger partial charge is 0.490 e. The summed E-state index contributed by atoms with van der Waals surface area (Å²) >= 11 is 0. The van der Waals surface area contributed by atoms with Crippen LogP contribution in [-0.2, 0) is 4.74 Å². The molecule has 2 aliphatic rings. The molecule has 19 heavy (non-hydrogen) atoms. The molecule has 1 aromatic carbocycles. The normalized spacial score (nSPS) is 24.6. The molecule has 1 aromatic rings. The number of morpholine rings is 1. The van der Waals surface area contributed by atoms with Crippen molar-refractivity contribution < 1.29 is 14.2 Å². The van der Waals surface area contributed by atoms with Crippen molar-refractivity contribution in [2.24, 2.45) is 5.73 Å². The monoisotopic (exact) mass is 264 g/mol. The summed E-state index contributed by atoms with van der Waals surface area (Å²) in [6.07, 6.45) is 0.911. The molecule has 1 fully saturated rings. The molecule has 104 valence electrons. The molecule has 2 unspecified atom stereocenters. The van der Waals surface area contributed by atoms with E-state index in [0.29, 0.717) is 19.8 Å². The zero-order valence-electron chi connectivity index (χ0n) is 10.9. The van der Waals surface area contributed by atoms with Crippen LogP contribution in [0.15, 0.2) is 18.2 Å².